The summed E-state index contributed by atoms with van der Waals surface area (Å²) in [5, 5.41) is 2.94. The number of hydrogen-bond donors (Lipinski definition) is 1. The van der Waals surface area contributed by atoms with Gasteiger partial charge in [-0.25, -0.2) is 4.39 Å². The zero-order valence-electron chi connectivity index (χ0n) is 12.3. The maximum absolute atomic E-state index is 13.7. The minimum atomic E-state index is -0.367. The molecule has 1 atom stereocenters. The van der Waals surface area contributed by atoms with Crippen molar-refractivity contribution in [2.24, 2.45) is 0 Å². The average molecular weight is 376 g/mol. The van der Waals surface area contributed by atoms with Crippen LogP contribution >= 0.6 is 15.9 Å². The van der Waals surface area contributed by atoms with Crippen LogP contribution in [-0.2, 0) is 4.79 Å². The van der Waals surface area contributed by atoms with Crippen molar-refractivity contribution >= 4 is 27.9 Å². The normalized spacial score (nSPS) is 16.7. The first kappa shape index (κ1) is 15.7. The van der Waals surface area contributed by atoms with Crippen LogP contribution in [0.5, 0.6) is 5.75 Å². The minimum absolute atomic E-state index is 0.0931. The Hall–Kier alpha value is -2.14. The molecule has 3 rings (SSSR count). The van der Waals surface area contributed by atoms with E-state index in [1.165, 1.54) is 18.2 Å². The lowest BCUT2D eigenvalue weighted by atomic mass is 10.0. The van der Waals surface area contributed by atoms with Gasteiger partial charge in [-0.05, 0) is 30.3 Å². The molecule has 0 aromatic heterocycles. The molecule has 0 radical (unpaired) electrons. The molecular weight excluding hydrogens is 361 g/mol. The molecule has 1 aliphatic rings. The van der Waals surface area contributed by atoms with Gasteiger partial charge >= 0.3 is 0 Å². The van der Waals surface area contributed by atoms with E-state index in [1.807, 2.05) is 24.3 Å². The SMILES string of the molecule is O=C(/C=C/c1cc(Br)ccc1F)N[C@H]1CCOc2ccccc21. The highest BCUT2D eigenvalue weighted by molar-refractivity contribution is 9.10. The summed E-state index contributed by atoms with van der Waals surface area (Å²) in [7, 11) is 0. The Morgan fingerprint density at radius 1 is 1.30 bits per heavy atom. The second kappa shape index (κ2) is 6.96. The van der Waals surface area contributed by atoms with Crippen LogP contribution in [0.2, 0.25) is 0 Å². The van der Waals surface area contributed by atoms with E-state index in [0.717, 1.165) is 15.8 Å². The van der Waals surface area contributed by atoms with Crippen molar-refractivity contribution in [3.63, 3.8) is 0 Å². The number of amides is 1. The van der Waals surface area contributed by atoms with Gasteiger partial charge in [-0.15, -0.1) is 0 Å². The van der Waals surface area contributed by atoms with Crippen LogP contribution in [0, 0.1) is 5.82 Å². The molecule has 118 valence electrons. The molecule has 1 heterocycles. The molecule has 3 nitrogen and oxygen atoms in total. The third kappa shape index (κ3) is 3.79. The van der Waals surface area contributed by atoms with Crippen molar-refractivity contribution in [2.45, 2.75) is 12.5 Å². The van der Waals surface area contributed by atoms with Gasteiger partial charge in [-0.3, -0.25) is 4.79 Å². The first-order chi connectivity index (χ1) is 11.1. The number of rotatable bonds is 3. The van der Waals surface area contributed by atoms with Crippen molar-refractivity contribution < 1.29 is 13.9 Å². The highest BCUT2D eigenvalue weighted by Crippen LogP contribution is 2.31. The molecule has 1 amide bonds. The molecule has 1 aliphatic heterocycles. The summed E-state index contributed by atoms with van der Waals surface area (Å²) in [4.78, 5) is 12.1. The number of halogens is 2. The third-order valence-electron chi connectivity index (χ3n) is 3.65. The van der Waals surface area contributed by atoms with Crippen molar-refractivity contribution in [3.8, 4) is 5.75 Å². The Bertz CT molecular complexity index is 760. The lowest BCUT2D eigenvalue weighted by molar-refractivity contribution is -0.117. The second-order valence-electron chi connectivity index (χ2n) is 5.24. The Morgan fingerprint density at radius 2 is 2.13 bits per heavy atom. The third-order valence-corrected chi connectivity index (χ3v) is 4.14. The van der Waals surface area contributed by atoms with E-state index in [2.05, 4.69) is 21.2 Å². The van der Waals surface area contributed by atoms with Crippen LogP contribution in [-0.4, -0.2) is 12.5 Å². The predicted molar refractivity (Wildman–Crippen MR) is 90.6 cm³/mol. The fraction of sp³-hybridized carbons (Fsp3) is 0.167. The van der Waals surface area contributed by atoms with E-state index >= 15 is 0 Å². The quantitative estimate of drug-likeness (QED) is 0.814. The Labute approximate surface area is 142 Å². The summed E-state index contributed by atoms with van der Waals surface area (Å²) in [6.45, 7) is 0.561. The van der Waals surface area contributed by atoms with Gasteiger partial charge in [-0.2, -0.15) is 0 Å². The highest BCUT2D eigenvalue weighted by atomic mass is 79.9. The Kier molecular flexibility index (Phi) is 4.76. The number of carbonyl (C=O) groups is 1. The summed E-state index contributed by atoms with van der Waals surface area (Å²) in [5.41, 5.74) is 1.33. The molecule has 2 aromatic carbocycles. The van der Waals surface area contributed by atoms with Gasteiger partial charge in [0.15, 0.2) is 0 Å². The van der Waals surface area contributed by atoms with Crippen molar-refractivity contribution in [1.29, 1.82) is 0 Å². The molecule has 2 aromatic rings. The lowest BCUT2D eigenvalue weighted by Crippen LogP contribution is -2.30. The molecule has 0 spiro atoms. The predicted octanol–water partition coefficient (Wildman–Crippen LogP) is 4.24. The maximum atomic E-state index is 13.7. The largest absolute Gasteiger partial charge is 0.493 e. The molecule has 1 N–H and O–H groups in total. The summed E-state index contributed by atoms with van der Waals surface area (Å²) in [5.74, 6) is 0.172. The van der Waals surface area contributed by atoms with E-state index in [4.69, 9.17) is 4.74 Å². The van der Waals surface area contributed by atoms with Gasteiger partial charge in [0.25, 0.3) is 0 Å². The summed E-state index contributed by atoms with van der Waals surface area (Å²) in [6.07, 6.45) is 3.53. The van der Waals surface area contributed by atoms with Gasteiger partial charge < -0.3 is 10.1 Å². The summed E-state index contributed by atoms with van der Waals surface area (Å²) in [6, 6.07) is 12.2. The van der Waals surface area contributed by atoms with E-state index < -0.39 is 0 Å². The lowest BCUT2D eigenvalue weighted by Gasteiger charge is -2.26. The van der Waals surface area contributed by atoms with E-state index in [-0.39, 0.29) is 17.8 Å². The fourth-order valence-electron chi connectivity index (χ4n) is 2.52. The van der Waals surface area contributed by atoms with Crippen LogP contribution in [0.1, 0.15) is 23.6 Å². The number of ether oxygens (including phenoxy) is 1. The van der Waals surface area contributed by atoms with Gasteiger partial charge in [0.05, 0.1) is 12.6 Å². The van der Waals surface area contributed by atoms with Gasteiger partial charge in [0.2, 0.25) is 5.91 Å². The molecule has 23 heavy (non-hydrogen) atoms. The molecule has 0 bridgehead atoms. The van der Waals surface area contributed by atoms with Crippen LogP contribution in [0.3, 0.4) is 0 Å². The molecular formula is C18H15BrFNO2. The van der Waals surface area contributed by atoms with E-state index in [9.17, 15) is 9.18 Å². The van der Waals surface area contributed by atoms with Crippen LogP contribution < -0.4 is 10.1 Å². The number of para-hydroxylation sites is 1. The smallest absolute Gasteiger partial charge is 0.244 e. The summed E-state index contributed by atoms with van der Waals surface area (Å²) < 4.78 is 20.0. The van der Waals surface area contributed by atoms with Crippen molar-refractivity contribution in [3.05, 3.63) is 70.0 Å². The molecule has 0 saturated heterocycles. The van der Waals surface area contributed by atoms with Crippen molar-refractivity contribution in [2.75, 3.05) is 6.61 Å². The minimum Gasteiger partial charge on any atom is -0.493 e. The fourth-order valence-corrected chi connectivity index (χ4v) is 2.90. The van der Waals surface area contributed by atoms with E-state index in [0.29, 0.717) is 18.6 Å². The van der Waals surface area contributed by atoms with Crippen molar-refractivity contribution in [1.82, 2.24) is 5.32 Å². The monoisotopic (exact) mass is 375 g/mol. The number of fused-ring (bicyclic) bond motifs is 1. The number of nitrogens with one attached hydrogen (secondary N) is 1. The Balaban J connectivity index is 1.71. The zero-order chi connectivity index (χ0) is 16.2. The first-order valence-corrected chi connectivity index (χ1v) is 8.08. The number of carbonyl (C=O) groups excluding carboxylic acids is 1. The van der Waals surface area contributed by atoms with Gasteiger partial charge in [0, 0.05) is 28.1 Å². The summed E-state index contributed by atoms with van der Waals surface area (Å²) >= 11 is 3.29. The molecule has 0 saturated carbocycles. The second-order valence-corrected chi connectivity index (χ2v) is 6.15. The first-order valence-electron chi connectivity index (χ1n) is 7.29. The van der Waals surface area contributed by atoms with Crippen LogP contribution in [0.15, 0.2) is 53.0 Å². The number of hydrogen-bond acceptors (Lipinski definition) is 2. The molecule has 0 aliphatic carbocycles. The maximum Gasteiger partial charge on any atom is 0.244 e. The topological polar surface area (TPSA) is 38.3 Å². The van der Waals surface area contributed by atoms with E-state index in [1.54, 1.807) is 12.1 Å². The standard InChI is InChI=1S/C18H15BrFNO2/c19-13-6-7-15(20)12(11-13)5-8-18(22)21-16-9-10-23-17-4-2-1-3-14(16)17/h1-8,11,16H,9-10H2,(H,21,22)/b8-5+/t16-/m0/s1. The molecule has 0 fully saturated rings. The van der Waals surface area contributed by atoms with Crippen LogP contribution in [0.25, 0.3) is 6.08 Å². The van der Waals surface area contributed by atoms with Crippen LogP contribution in [0.4, 0.5) is 4.39 Å². The number of benzene rings is 2. The van der Waals surface area contributed by atoms with Gasteiger partial charge in [-0.1, -0.05) is 34.1 Å². The van der Waals surface area contributed by atoms with Gasteiger partial charge in [0.1, 0.15) is 11.6 Å². The Morgan fingerprint density at radius 3 is 3.00 bits per heavy atom. The highest BCUT2D eigenvalue weighted by Gasteiger charge is 2.21. The average Bonchev–Trinajstić information content (AvgIpc) is 2.56. The zero-order valence-corrected chi connectivity index (χ0v) is 13.8. The molecule has 5 heteroatoms. The molecule has 0 unspecified atom stereocenters.